The van der Waals surface area contributed by atoms with Gasteiger partial charge in [0.2, 0.25) is 5.91 Å². The van der Waals surface area contributed by atoms with E-state index in [2.05, 4.69) is 18.8 Å². The van der Waals surface area contributed by atoms with Crippen LogP contribution in [0.5, 0.6) is 0 Å². The molecule has 4 rings (SSSR count). The maximum absolute atomic E-state index is 14.0. The van der Waals surface area contributed by atoms with Crippen molar-refractivity contribution in [2.24, 2.45) is 22.7 Å². The van der Waals surface area contributed by atoms with Crippen molar-refractivity contribution in [1.29, 1.82) is 0 Å². The molecule has 1 saturated heterocycles. The van der Waals surface area contributed by atoms with Gasteiger partial charge in [-0.15, -0.1) is 0 Å². The van der Waals surface area contributed by atoms with Crippen LogP contribution in [0.3, 0.4) is 0 Å². The third-order valence-corrected chi connectivity index (χ3v) is 9.16. The zero-order valence-electron chi connectivity index (χ0n) is 22.9. The van der Waals surface area contributed by atoms with E-state index in [0.29, 0.717) is 48.4 Å². The van der Waals surface area contributed by atoms with Crippen molar-refractivity contribution >= 4 is 41.1 Å². The zero-order chi connectivity index (χ0) is 28.5. The van der Waals surface area contributed by atoms with Gasteiger partial charge in [0.1, 0.15) is 12.7 Å². The molecule has 0 bridgehead atoms. The molecule has 1 N–H and O–H groups in total. The number of cyclic esters (lactones) is 1. The second-order valence-corrected chi connectivity index (χ2v) is 11.7. The summed E-state index contributed by atoms with van der Waals surface area (Å²) in [7, 11) is 0. The van der Waals surface area contributed by atoms with Crippen LogP contribution in [0.1, 0.15) is 59.8 Å². The summed E-state index contributed by atoms with van der Waals surface area (Å²) in [6.45, 7) is 11.1. The number of hydrogen-bond donors (Lipinski definition) is 1. The molecule has 9 heteroatoms. The Balaban J connectivity index is 1.67. The number of halogens is 1. The standard InChI is InChI=1S/C30H36ClNO7/c1-17-6-13-25-29(4,23(17)12-11-22-24(38-18(2)33)16-37-27(22)35)15-14-26(39-19(3)34)30(25,5)28(36)32-21-9-7-20(31)8-10-21/h7-11,23-26H,1,6,12-16H2,2-5H3,(H,32,36)/b22-11+/t23-,24-,25+,26-,29+,30+/m1/s1. The van der Waals surface area contributed by atoms with E-state index < -0.39 is 35.5 Å². The van der Waals surface area contributed by atoms with E-state index in [1.807, 2.05) is 6.92 Å². The number of carbonyl (C=O) groups excluding carboxylic acids is 4. The SMILES string of the molecule is C=C1CC[C@H]2[C@@](C)(CC[C@@H](OC(C)=O)[C@@]2(C)C(=O)Nc2ccc(Cl)cc2)[C@@H]1C/C=C1/C(=O)OC[C@H]1OC(C)=O. The molecule has 1 heterocycles. The summed E-state index contributed by atoms with van der Waals surface area (Å²) in [5.74, 6) is -1.79. The molecule has 1 aromatic rings. The van der Waals surface area contributed by atoms with Gasteiger partial charge in [-0.1, -0.05) is 36.8 Å². The molecule has 1 aromatic carbocycles. The van der Waals surface area contributed by atoms with Crippen molar-refractivity contribution in [3.63, 3.8) is 0 Å². The number of amides is 1. The number of esters is 3. The second kappa shape index (κ2) is 11.2. The van der Waals surface area contributed by atoms with Gasteiger partial charge in [-0.05, 0) is 80.5 Å². The fourth-order valence-electron chi connectivity index (χ4n) is 6.98. The molecule has 3 aliphatic rings. The van der Waals surface area contributed by atoms with E-state index in [1.165, 1.54) is 13.8 Å². The molecule has 1 amide bonds. The number of hydrogen-bond acceptors (Lipinski definition) is 7. The third kappa shape index (κ3) is 5.62. The van der Waals surface area contributed by atoms with Gasteiger partial charge < -0.3 is 19.5 Å². The summed E-state index contributed by atoms with van der Waals surface area (Å²) >= 11 is 6.03. The van der Waals surface area contributed by atoms with E-state index in [9.17, 15) is 19.2 Å². The highest BCUT2D eigenvalue weighted by atomic mass is 35.5. The van der Waals surface area contributed by atoms with Crippen LogP contribution in [0, 0.1) is 22.7 Å². The molecule has 8 nitrogen and oxygen atoms in total. The normalized spacial score (nSPS) is 33.2. The summed E-state index contributed by atoms with van der Waals surface area (Å²) in [5, 5.41) is 3.59. The van der Waals surface area contributed by atoms with Crippen LogP contribution in [0.2, 0.25) is 5.02 Å². The topological polar surface area (TPSA) is 108 Å². The average Bonchev–Trinajstić information content (AvgIpc) is 3.20. The van der Waals surface area contributed by atoms with Gasteiger partial charge in [0.05, 0.1) is 11.0 Å². The summed E-state index contributed by atoms with van der Waals surface area (Å²) in [4.78, 5) is 50.0. The Morgan fingerprint density at radius 3 is 2.44 bits per heavy atom. The van der Waals surface area contributed by atoms with E-state index in [4.69, 9.17) is 25.8 Å². The predicted octanol–water partition coefficient (Wildman–Crippen LogP) is 5.40. The van der Waals surface area contributed by atoms with Crippen molar-refractivity contribution in [2.75, 3.05) is 11.9 Å². The fraction of sp³-hybridized carbons (Fsp3) is 0.533. The lowest BCUT2D eigenvalue weighted by molar-refractivity contribution is -0.181. The van der Waals surface area contributed by atoms with Gasteiger partial charge >= 0.3 is 17.9 Å². The molecule has 6 atom stereocenters. The maximum Gasteiger partial charge on any atom is 0.337 e. The van der Waals surface area contributed by atoms with E-state index >= 15 is 0 Å². The molecule has 0 unspecified atom stereocenters. The van der Waals surface area contributed by atoms with Crippen molar-refractivity contribution in [2.45, 2.75) is 72.0 Å². The molecule has 2 saturated carbocycles. The lowest BCUT2D eigenvalue weighted by Crippen LogP contribution is -2.61. The summed E-state index contributed by atoms with van der Waals surface area (Å²) in [6.07, 6.45) is 3.59. The van der Waals surface area contributed by atoms with Gasteiger partial charge in [0.25, 0.3) is 0 Å². The Morgan fingerprint density at radius 2 is 1.79 bits per heavy atom. The first kappa shape index (κ1) is 28.9. The molecule has 2 aliphatic carbocycles. The highest BCUT2D eigenvalue weighted by Crippen LogP contribution is 2.62. The van der Waals surface area contributed by atoms with Gasteiger partial charge in [0.15, 0.2) is 6.10 Å². The van der Waals surface area contributed by atoms with Gasteiger partial charge in [-0.2, -0.15) is 0 Å². The number of carbonyl (C=O) groups is 4. The Kier molecular flexibility index (Phi) is 8.26. The first-order valence-electron chi connectivity index (χ1n) is 13.3. The molecule has 1 aliphatic heterocycles. The molecule has 0 aromatic heterocycles. The lowest BCUT2D eigenvalue weighted by Gasteiger charge is -2.59. The fourth-order valence-corrected chi connectivity index (χ4v) is 7.10. The summed E-state index contributed by atoms with van der Waals surface area (Å²) in [6, 6.07) is 6.90. The van der Waals surface area contributed by atoms with Crippen LogP contribution in [-0.4, -0.2) is 42.6 Å². The van der Waals surface area contributed by atoms with Crippen molar-refractivity contribution in [3.05, 3.63) is 53.1 Å². The highest BCUT2D eigenvalue weighted by Gasteiger charge is 2.62. The van der Waals surface area contributed by atoms with Gasteiger partial charge in [-0.3, -0.25) is 14.4 Å². The quantitative estimate of drug-likeness (QED) is 0.216. The first-order valence-corrected chi connectivity index (χ1v) is 13.7. The number of rotatable bonds is 6. The van der Waals surface area contributed by atoms with Crippen molar-refractivity contribution < 1.29 is 33.4 Å². The van der Waals surface area contributed by atoms with E-state index in [1.54, 1.807) is 30.3 Å². The Hall–Kier alpha value is -3.13. The number of ether oxygens (including phenoxy) is 3. The minimum Gasteiger partial charge on any atom is -0.461 e. The predicted molar refractivity (Wildman–Crippen MR) is 146 cm³/mol. The number of allylic oxidation sites excluding steroid dienone is 2. The molecular weight excluding hydrogens is 522 g/mol. The molecule has 3 fully saturated rings. The molecule has 210 valence electrons. The van der Waals surface area contributed by atoms with Crippen LogP contribution in [-0.2, 0) is 33.4 Å². The van der Waals surface area contributed by atoms with Crippen LogP contribution < -0.4 is 5.32 Å². The Labute approximate surface area is 234 Å². The number of anilines is 1. The zero-order valence-corrected chi connectivity index (χ0v) is 23.6. The van der Waals surface area contributed by atoms with Gasteiger partial charge in [0, 0.05) is 24.6 Å². The lowest BCUT2D eigenvalue weighted by atomic mass is 9.45. The minimum atomic E-state index is -1.02. The van der Waals surface area contributed by atoms with Crippen molar-refractivity contribution in [1.82, 2.24) is 0 Å². The van der Waals surface area contributed by atoms with Crippen LogP contribution in [0.4, 0.5) is 5.69 Å². The number of benzene rings is 1. The van der Waals surface area contributed by atoms with Crippen LogP contribution in [0.25, 0.3) is 0 Å². The smallest absolute Gasteiger partial charge is 0.337 e. The Morgan fingerprint density at radius 1 is 1.13 bits per heavy atom. The molecular formula is C30H36ClNO7. The summed E-state index contributed by atoms with van der Waals surface area (Å²) in [5.41, 5.74) is 0.608. The minimum absolute atomic E-state index is 0.00274. The molecule has 0 radical (unpaired) electrons. The first-order chi connectivity index (χ1) is 18.4. The molecule has 0 spiro atoms. The van der Waals surface area contributed by atoms with Crippen LogP contribution in [0.15, 0.2) is 48.1 Å². The summed E-state index contributed by atoms with van der Waals surface area (Å²) < 4.78 is 16.2. The van der Waals surface area contributed by atoms with E-state index in [0.717, 1.165) is 5.57 Å². The van der Waals surface area contributed by atoms with E-state index in [-0.39, 0.29) is 29.8 Å². The largest absolute Gasteiger partial charge is 0.461 e. The number of nitrogens with one attached hydrogen (secondary N) is 1. The number of fused-ring (bicyclic) bond motifs is 1. The Bertz CT molecular complexity index is 1210. The second-order valence-electron chi connectivity index (χ2n) is 11.3. The van der Waals surface area contributed by atoms with Crippen molar-refractivity contribution in [3.8, 4) is 0 Å². The third-order valence-electron chi connectivity index (χ3n) is 8.91. The molecule has 39 heavy (non-hydrogen) atoms. The highest BCUT2D eigenvalue weighted by molar-refractivity contribution is 6.30. The monoisotopic (exact) mass is 557 g/mol. The maximum atomic E-state index is 14.0. The van der Waals surface area contributed by atoms with Gasteiger partial charge in [-0.25, -0.2) is 4.79 Å². The average molecular weight is 558 g/mol. The van der Waals surface area contributed by atoms with Crippen LogP contribution >= 0.6 is 11.6 Å².